The second-order valence-electron chi connectivity index (χ2n) is 4.66. The van der Waals surface area contributed by atoms with Gasteiger partial charge in [0.05, 0.1) is 25.0 Å². The van der Waals surface area contributed by atoms with Crippen LogP contribution in [0, 0.1) is 0 Å². The highest BCUT2D eigenvalue weighted by Crippen LogP contribution is 2.23. The molecule has 1 aliphatic rings. The number of H-pyrrole nitrogens is 1. The lowest BCUT2D eigenvalue weighted by Crippen LogP contribution is -2.39. The summed E-state index contributed by atoms with van der Waals surface area (Å²) in [6, 6.07) is 1.95. The van der Waals surface area contributed by atoms with E-state index in [4.69, 9.17) is 9.84 Å². The molecule has 1 unspecified atom stereocenters. The predicted molar refractivity (Wildman–Crippen MR) is 72.3 cm³/mol. The Balaban J connectivity index is 1.71. The number of morpholine rings is 1. The minimum absolute atomic E-state index is 0.0885. The van der Waals surface area contributed by atoms with Crippen molar-refractivity contribution < 1.29 is 9.84 Å². The van der Waals surface area contributed by atoms with Crippen LogP contribution >= 0.6 is 0 Å². The fourth-order valence-electron chi connectivity index (χ4n) is 2.28. The highest BCUT2D eigenvalue weighted by atomic mass is 16.5. The van der Waals surface area contributed by atoms with Crippen molar-refractivity contribution in [3.8, 4) is 0 Å². The van der Waals surface area contributed by atoms with Gasteiger partial charge in [-0.2, -0.15) is 5.10 Å². The average molecular weight is 275 g/mol. The lowest BCUT2D eigenvalue weighted by Gasteiger charge is -2.32. The fraction of sp³-hybridized carbons (Fsp3) is 0.462. The number of hydrogen-bond donors (Lipinski definition) is 2. The number of anilines is 1. The molecule has 1 fully saturated rings. The molecule has 0 amide bonds. The van der Waals surface area contributed by atoms with Gasteiger partial charge >= 0.3 is 0 Å². The summed E-state index contributed by atoms with van der Waals surface area (Å²) in [4.78, 5) is 10.5. The van der Waals surface area contributed by atoms with Gasteiger partial charge in [-0.3, -0.25) is 10.1 Å². The molecule has 1 saturated heterocycles. The van der Waals surface area contributed by atoms with Crippen LogP contribution in [-0.4, -0.2) is 51.6 Å². The summed E-state index contributed by atoms with van der Waals surface area (Å²) >= 11 is 0. The number of aromatic amines is 1. The van der Waals surface area contributed by atoms with E-state index < -0.39 is 0 Å². The Hall–Kier alpha value is -1.99. The molecular weight excluding hydrogens is 258 g/mol. The van der Waals surface area contributed by atoms with Gasteiger partial charge in [0.1, 0.15) is 11.9 Å². The molecule has 2 N–H and O–H groups in total. The zero-order valence-corrected chi connectivity index (χ0v) is 11.1. The van der Waals surface area contributed by atoms with Crippen LogP contribution in [0.5, 0.6) is 0 Å². The van der Waals surface area contributed by atoms with Gasteiger partial charge in [0.15, 0.2) is 0 Å². The smallest absolute Gasteiger partial charge is 0.147 e. The molecule has 0 bridgehead atoms. The summed E-state index contributed by atoms with van der Waals surface area (Å²) in [6.45, 7) is 2.23. The highest BCUT2D eigenvalue weighted by molar-refractivity contribution is 5.36. The number of nitrogens with zero attached hydrogens (tertiary/aromatic N) is 4. The maximum absolute atomic E-state index is 8.93. The van der Waals surface area contributed by atoms with Crippen molar-refractivity contribution in [3.05, 3.63) is 36.0 Å². The van der Waals surface area contributed by atoms with E-state index in [1.54, 1.807) is 18.6 Å². The normalized spacial score (nSPS) is 19.2. The Morgan fingerprint density at radius 1 is 1.45 bits per heavy atom. The van der Waals surface area contributed by atoms with Crippen LogP contribution in [0.15, 0.2) is 24.7 Å². The van der Waals surface area contributed by atoms with Gasteiger partial charge < -0.3 is 14.7 Å². The minimum Gasteiger partial charge on any atom is -0.396 e. The third-order valence-corrected chi connectivity index (χ3v) is 3.30. The molecule has 0 aliphatic carbocycles. The molecule has 2 aromatic rings. The molecule has 0 spiro atoms. The summed E-state index contributed by atoms with van der Waals surface area (Å²) in [5.74, 6) is 0.854. The van der Waals surface area contributed by atoms with Crippen molar-refractivity contribution in [2.75, 3.05) is 31.2 Å². The first-order valence-electron chi connectivity index (χ1n) is 6.64. The minimum atomic E-state index is -0.0885. The maximum Gasteiger partial charge on any atom is 0.147 e. The van der Waals surface area contributed by atoms with Crippen LogP contribution < -0.4 is 4.90 Å². The Morgan fingerprint density at radius 3 is 3.20 bits per heavy atom. The zero-order chi connectivity index (χ0) is 13.8. The summed E-state index contributed by atoms with van der Waals surface area (Å²) in [5, 5.41) is 16.1. The van der Waals surface area contributed by atoms with Gasteiger partial charge in [0.25, 0.3) is 0 Å². The molecule has 2 aromatic heterocycles. The molecule has 0 radical (unpaired) electrons. The van der Waals surface area contributed by atoms with E-state index in [-0.39, 0.29) is 12.7 Å². The third kappa shape index (κ3) is 2.78. The summed E-state index contributed by atoms with van der Waals surface area (Å²) in [5.41, 5.74) is 1.78. The van der Waals surface area contributed by atoms with Crippen molar-refractivity contribution in [2.24, 2.45) is 0 Å². The first-order chi connectivity index (χ1) is 9.86. The van der Waals surface area contributed by atoms with Gasteiger partial charge in [-0.25, -0.2) is 4.98 Å². The first-order valence-corrected chi connectivity index (χ1v) is 6.64. The maximum atomic E-state index is 8.93. The van der Waals surface area contributed by atoms with E-state index in [1.807, 2.05) is 6.07 Å². The fourth-order valence-corrected chi connectivity index (χ4v) is 2.28. The van der Waals surface area contributed by atoms with Crippen LogP contribution in [0.2, 0.25) is 0 Å². The second-order valence-corrected chi connectivity index (χ2v) is 4.66. The second kappa shape index (κ2) is 5.98. The molecule has 3 rings (SSSR count). The number of nitrogens with one attached hydrogen (secondary N) is 1. The summed E-state index contributed by atoms with van der Waals surface area (Å²) in [7, 11) is 0. The molecule has 106 valence electrons. The predicted octanol–water partition coefficient (Wildman–Crippen LogP) is 0.312. The molecule has 7 nitrogen and oxygen atoms in total. The van der Waals surface area contributed by atoms with Crippen LogP contribution in [0.3, 0.4) is 0 Å². The Kier molecular flexibility index (Phi) is 3.89. The van der Waals surface area contributed by atoms with Gasteiger partial charge in [-0.05, 0) is 6.07 Å². The molecule has 0 aromatic carbocycles. The standard InChI is InChI=1S/C13H17N5O2/c19-5-1-10-7-11(17-16-10)12-9-18(4-6-20-12)13-8-14-2-3-15-13/h2-3,7-8,12,19H,1,4-6,9H2,(H,16,17). The molecule has 0 saturated carbocycles. The van der Waals surface area contributed by atoms with E-state index in [9.17, 15) is 0 Å². The number of hydrogen-bond acceptors (Lipinski definition) is 6. The van der Waals surface area contributed by atoms with Crippen molar-refractivity contribution in [3.63, 3.8) is 0 Å². The summed E-state index contributed by atoms with van der Waals surface area (Å²) < 4.78 is 5.77. The first kappa shape index (κ1) is 13.0. The SMILES string of the molecule is OCCc1cc(C2CN(c3cnccn3)CCO2)n[nH]1. The number of ether oxygens (including phenoxy) is 1. The van der Waals surface area contributed by atoms with E-state index in [0.29, 0.717) is 19.6 Å². The average Bonchev–Trinajstić information content (AvgIpc) is 2.97. The van der Waals surface area contributed by atoms with Crippen LogP contribution in [-0.2, 0) is 11.2 Å². The van der Waals surface area contributed by atoms with Crippen LogP contribution in [0.1, 0.15) is 17.5 Å². The Bertz CT molecular complexity index is 545. The molecule has 1 atom stereocenters. The molecular formula is C13H17N5O2. The van der Waals surface area contributed by atoms with Gasteiger partial charge in [-0.15, -0.1) is 0 Å². The van der Waals surface area contributed by atoms with Gasteiger partial charge in [0.2, 0.25) is 0 Å². The Morgan fingerprint density at radius 2 is 2.40 bits per heavy atom. The lowest BCUT2D eigenvalue weighted by atomic mass is 10.2. The largest absolute Gasteiger partial charge is 0.396 e. The molecule has 1 aliphatic heterocycles. The molecule has 3 heterocycles. The Labute approximate surface area is 116 Å². The zero-order valence-electron chi connectivity index (χ0n) is 11.1. The molecule has 20 heavy (non-hydrogen) atoms. The van der Waals surface area contributed by atoms with Gasteiger partial charge in [0, 0.05) is 37.7 Å². The van der Waals surface area contributed by atoms with Crippen molar-refractivity contribution in [1.82, 2.24) is 20.2 Å². The van der Waals surface area contributed by atoms with Crippen LogP contribution in [0.4, 0.5) is 5.82 Å². The number of aromatic nitrogens is 4. The van der Waals surface area contributed by atoms with Gasteiger partial charge in [-0.1, -0.05) is 0 Å². The summed E-state index contributed by atoms with van der Waals surface area (Å²) in [6.07, 6.45) is 5.59. The number of aliphatic hydroxyl groups excluding tert-OH is 1. The van der Waals surface area contributed by atoms with Crippen LogP contribution in [0.25, 0.3) is 0 Å². The quantitative estimate of drug-likeness (QED) is 0.835. The topological polar surface area (TPSA) is 87.2 Å². The number of aliphatic hydroxyl groups is 1. The van der Waals surface area contributed by atoms with E-state index >= 15 is 0 Å². The monoisotopic (exact) mass is 275 g/mol. The van der Waals surface area contributed by atoms with Crippen molar-refractivity contribution >= 4 is 5.82 Å². The van der Waals surface area contributed by atoms with E-state index in [2.05, 4.69) is 25.1 Å². The van der Waals surface area contributed by atoms with E-state index in [1.165, 1.54) is 0 Å². The number of rotatable bonds is 4. The van der Waals surface area contributed by atoms with Crippen molar-refractivity contribution in [1.29, 1.82) is 0 Å². The van der Waals surface area contributed by atoms with E-state index in [0.717, 1.165) is 23.8 Å². The lowest BCUT2D eigenvalue weighted by molar-refractivity contribution is 0.0367. The highest BCUT2D eigenvalue weighted by Gasteiger charge is 2.24. The molecule has 7 heteroatoms. The third-order valence-electron chi connectivity index (χ3n) is 3.30. The van der Waals surface area contributed by atoms with Crippen molar-refractivity contribution in [2.45, 2.75) is 12.5 Å².